The van der Waals surface area contributed by atoms with Gasteiger partial charge in [-0.2, -0.15) is 0 Å². The van der Waals surface area contributed by atoms with Crippen LogP contribution < -0.4 is 5.32 Å². The van der Waals surface area contributed by atoms with Gasteiger partial charge < -0.3 is 29.0 Å². The number of fused-ring (bicyclic) bond motifs is 1. The van der Waals surface area contributed by atoms with Crippen molar-refractivity contribution in [3.05, 3.63) is 48.2 Å². The maximum Gasteiger partial charge on any atom is 0.292 e. The van der Waals surface area contributed by atoms with Crippen LogP contribution in [0.1, 0.15) is 36.0 Å². The molecule has 182 valence electrons. The molecule has 1 N–H and O–H groups in total. The number of hydrogen-bond acceptors (Lipinski definition) is 6. The highest BCUT2D eigenvalue weighted by atomic mass is 16.8. The minimum Gasteiger partial charge on any atom is -0.352 e. The summed E-state index contributed by atoms with van der Waals surface area (Å²) < 4.78 is 17.9. The van der Waals surface area contributed by atoms with Crippen molar-refractivity contribution in [1.29, 1.82) is 0 Å². The molecular weight excluding hydrogens is 438 g/mol. The number of ketones is 1. The van der Waals surface area contributed by atoms with E-state index in [-0.39, 0.29) is 24.6 Å². The molecule has 0 radical (unpaired) electrons. The zero-order valence-electron chi connectivity index (χ0n) is 19.6. The van der Waals surface area contributed by atoms with Crippen LogP contribution in [-0.4, -0.2) is 73.0 Å². The van der Waals surface area contributed by atoms with Gasteiger partial charge in [-0.1, -0.05) is 31.0 Å². The monoisotopic (exact) mass is 469 g/mol. The van der Waals surface area contributed by atoms with Crippen molar-refractivity contribution in [3.63, 3.8) is 0 Å². The van der Waals surface area contributed by atoms with E-state index in [0.29, 0.717) is 5.39 Å². The van der Waals surface area contributed by atoms with Gasteiger partial charge in [-0.15, -0.1) is 0 Å². The summed E-state index contributed by atoms with van der Waals surface area (Å²) in [6.45, 7) is 1.58. The number of nitrogens with one attached hydrogen (secondary N) is 1. The SMILES string of the molecule is COC1C=CC(CNC(=O)C(=O)c2cn(CC(=O)N3CCCCCC3)c3ccccc23)(OC)O1. The third-order valence-corrected chi connectivity index (χ3v) is 6.40. The fourth-order valence-corrected chi connectivity index (χ4v) is 4.45. The number of para-hydroxylation sites is 1. The second-order valence-corrected chi connectivity index (χ2v) is 8.59. The first-order valence-electron chi connectivity index (χ1n) is 11.6. The van der Waals surface area contributed by atoms with Gasteiger partial charge in [0.05, 0.1) is 12.1 Å². The zero-order chi connectivity index (χ0) is 24.1. The smallest absolute Gasteiger partial charge is 0.292 e. The molecule has 1 aromatic carbocycles. The number of amides is 2. The van der Waals surface area contributed by atoms with Gasteiger partial charge in [0.25, 0.3) is 11.7 Å². The van der Waals surface area contributed by atoms with Crippen LogP contribution in [0.3, 0.4) is 0 Å². The van der Waals surface area contributed by atoms with E-state index in [1.54, 1.807) is 35.0 Å². The number of nitrogens with zero attached hydrogens (tertiary/aromatic N) is 2. The van der Waals surface area contributed by atoms with Crippen LogP contribution in [0.2, 0.25) is 0 Å². The fourth-order valence-electron chi connectivity index (χ4n) is 4.45. The molecule has 34 heavy (non-hydrogen) atoms. The normalized spacial score (nSPS) is 22.6. The van der Waals surface area contributed by atoms with Crippen LogP contribution in [0, 0.1) is 0 Å². The second-order valence-electron chi connectivity index (χ2n) is 8.59. The Labute approximate surface area is 198 Å². The summed E-state index contributed by atoms with van der Waals surface area (Å²) in [5.74, 6) is -2.65. The molecular formula is C25H31N3O6. The Morgan fingerprint density at radius 3 is 2.53 bits per heavy atom. The summed E-state index contributed by atoms with van der Waals surface area (Å²) in [6.07, 6.45) is 8.62. The van der Waals surface area contributed by atoms with Crippen molar-refractivity contribution < 1.29 is 28.6 Å². The van der Waals surface area contributed by atoms with Crippen molar-refractivity contribution in [2.75, 3.05) is 33.9 Å². The standard InChI is InChI=1S/C25H31N3O6/c1-32-22-11-12-25(33-2,34-22)17-26-24(31)23(30)19-15-28(20-10-6-5-9-18(19)20)16-21(29)27-13-7-3-4-8-14-27/h5-6,9-12,15,22H,3-4,7-8,13-14,16-17H2,1-2H3,(H,26,31). The Morgan fingerprint density at radius 2 is 1.85 bits per heavy atom. The molecule has 2 aliphatic heterocycles. The van der Waals surface area contributed by atoms with Gasteiger partial charge in [0.2, 0.25) is 11.7 Å². The number of carbonyl (C=O) groups is 3. The van der Waals surface area contributed by atoms with Crippen molar-refractivity contribution >= 4 is 28.5 Å². The lowest BCUT2D eigenvalue weighted by Crippen LogP contribution is -2.46. The predicted octanol–water partition coefficient (Wildman–Crippen LogP) is 2.24. The number of hydrogen-bond donors (Lipinski definition) is 1. The highest BCUT2D eigenvalue weighted by Crippen LogP contribution is 2.25. The van der Waals surface area contributed by atoms with E-state index in [1.807, 2.05) is 17.0 Å². The number of carbonyl (C=O) groups excluding carboxylic acids is 3. The maximum absolute atomic E-state index is 13.1. The number of methoxy groups -OCH3 is 2. The number of likely N-dealkylation sites (tertiary alicyclic amines) is 1. The quantitative estimate of drug-likeness (QED) is 0.362. The molecule has 3 heterocycles. The molecule has 9 nitrogen and oxygen atoms in total. The Bertz CT molecular complexity index is 1090. The molecule has 2 aromatic rings. The molecule has 4 rings (SSSR count). The average molecular weight is 470 g/mol. The highest BCUT2D eigenvalue weighted by molar-refractivity contribution is 6.45. The summed E-state index contributed by atoms with van der Waals surface area (Å²) in [7, 11) is 2.95. The van der Waals surface area contributed by atoms with Crippen molar-refractivity contribution in [2.45, 2.75) is 44.3 Å². The molecule has 0 bridgehead atoms. The first kappa shape index (κ1) is 24.1. The molecule has 1 aromatic heterocycles. The van der Waals surface area contributed by atoms with Gasteiger partial charge in [0.1, 0.15) is 6.54 Å². The Hall–Kier alpha value is -3.01. The molecule has 0 saturated carbocycles. The summed E-state index contributed by atoms with van der Waals surface area (Å²) in [5, 5.41) is 3.23. The molecule has 9 heteroatoms. The van der Waals surface area contributed by atoms with Gasteiger partial charge in [-0.3, -0.25) is 14.4 Å². The van der Waals surface area contributed by atoms with E-state index in [2.05, 4.69) is 5.32 Å². The van der Waals surface area contributed by atoms with Gasteiger partial charge >= 0.3 is 0 Å². The number of benzene rings is 1. The topological polar surface area (TPSA) is 99.1 Å². The number of aromatic nitrogens is 1. The Morgan fingerprint density at radius 1 is 1.12 bits per heavy atom. The van der Waals surface area contributed by atoms with Crippen LogP contribution in [-0.2, 0) is 30.3 Å². The summed E-state index contributed by atoms with van der Waals surface area (Å²) in [5.41, 5.74) is 0.987. The van der Waals surface area contributed by atoms with Crippen LogP contribution in [0.15, 0.2) is 42.6 Å². The zero-order valence-corrected chi connectivity index (χ0v) is 19.6. The predicted molar refractivity (Wildman–Crippen MR) is 125 cm³/mol. The average Bonchev–Trinajstić information content (AvgIpc) is 3.33. The molecule has 2 aliphatic rings. The van der Waals surface area contributed by atoms with Gasteiger partial charge in [0, 0.05) is 44.4 Å². The molecule has 2 amide bonds. The Kier molecular flexibility index (Phi) is 7.45. The second kappa shape index (κ2) is 10.5. The lowest BCUT2D eigenvalue weighted by Gasteiger charge is -2.26. The fraction of sp³-hybridized carbons (Fsp3) is 0.480. The van der Waals surface area contributed by atoms with E-state index in [4.69, 9.17) is 14.2 Å². The third kappa shape index (κ3) is 5.06. The van der Waals surface area contributed by atoms with Crippen molar-refractivity contribution in [2.24, 2.45) is 0 Å². The van der Waals surface area contributed by atoms with Crippen LogP contribution >= 0.6 is 0 Å². The van der Waals surface area contributed by atoms with E-state index in [0.717, 1.165) is 44.3 Å². The van der Waals surface area contributed by atoms with E-state index in [9.17, 15) is 14.4 Å². The molecule has 2 atom stereocenters. The van der Waals surface area contributed by atoms with Crippen LogP contribution in [0.4, 0.5) is 0 Å². The van der Waals surface area contributed by atoms with Crippen LogP contribution in [0.25, 0.3) is 10.9 Å². The van der Waals surface area contributed by atoms with E-state index in [1.165, 1.54) is 14.2 Å². The van der Waals surface area contributed by atoms with Crippen molar-refractivity contribution in [3.8, 4) is 0 Å². The molecule has 0 spiro atoms. The highest BCUT2D eigenvalue weighted by Gasteiger charge is 2.37. The Balaban J connectivity index is 1.49. The van der Waals surface area contributed by atoms with Gasteiger partial charge in [-0.05, 0) is 31.1 Å². The summed E-state index contributed by atoms with van der Waals surface area (Å²) in [6, 6.07) is 7.29. The molecule has 1 fully saturated rings. The van der Waals surface area contributed by atoms with Gasteiger partial charge in [-0.25, -0.2) is 0 Å². The first-order chi connectivity index (χ1) is 16.5. The number of Topliss-reactive ketones (excluding diaryl/α,β-unsaturated/α-hetero) is 1. The number of rotatable bonds is 8. The number of ether oxygens (including phenoxy) is 3. The lowest BCUT2D eigenvalue weighted by molar-refractivity contribution is -0.238. The summed E-state index contributed by atoms with van der Waals surface area (Å²) in [4.78, 5) is 40.7. The largest absolute Gasteiger partial charge is 0.352 e. The van der Waals surface area contributed by atoms with Crippen molar-refractivity contribution in [1.82, 2.24) is 14.8 Å². The lowest BCUT2D eigenvalue weighted by atomic mass is 10.1. The van der Waals surface area contributed by atoms with E-state index >= 15 is 0 Å². The molecule has 0 aliphatic carbocycles. The van der Waals surface area contributed by atoms with E-state index < -0.39 is 23.8 Å². The minimum atomic E-state index is -1.20. The molecule has 2 unspecified atom stereocenters. The third-order valence-electron chi connectivity index (χ3n) is 6.40. The summed E-state index contributed by atoms with van der Waals surface area (Å²) >= 11 is 0. The molecule has 1 saturated heterocycles. The maximum atomic E-state index is 13.1. The minimum absolute atomic E-state index is 0.0195. The van der Waals surface area contributed by atoms with Gasteiger partial charge in [0.15, 0.2) is 6.29 Å². The van der Waals surface area contributed by atoms with Crippen LogP contribution in [0.5, 0.6) is 0 Å². The first-order valence-corrected chi connectivity index (χ1v) is 11.6.